The van der Waals surface area contributed by atoms with Crippen molar-refractivity contribution in [2.75, 3.05) is 18.4 Å². The Balaban J connectivity index is 1.69. The first-order chi connectivity index (χ1) is 13.9. The van der Waals surface area contributed by atoms with Crippen LogP contribution in [-0.4, -0.2) is 45.9 Å². The minimum absolute atomic E-state index is 0.0124. The topological polar surface area (TPSA) is 52.7 Å². The monoisotopic (exact) mass is 433 g/mol. The largest absolute Gasteiger partial charge is 0.336 e. The van der Waals surface area contributed by atoms with Crippen LogP contribution in [0.1, 0.15) is 18.9 Å². The second kappa shape index (κ2) is 9.33. The lowest BCUT2D eigenvalue weighted by atomic mass is 10.1. The Hall–Kier alpha value is -2.51. The Morgan fingerprint density at radius 1 is 1.17 bits per heavy atom. The number of nitrogens with zero attached hydrogens (tertiary/aromatic N) is 2. The molecule has 0 aliphatic carbocycles. The minimum atomic E-state index is -0.657. The molecule has 0 unspecified atom stereocenters. The number of nitrogens with one attached hydrogen (secondary N) is 1. The fraction of sp³-hybridized carbons (Fsp3) is 0.286. The normalized spacial score (nSPS) is 16.4. The van der Waals surface area contributed by atoms with Crippen molar-refractivity contribution >= 4 is 46.4 Å². The van der Waals surface area contributed by atoms with E-state index in [0.717, 1.165) is 5.56 Å². The van der Waals surface area contributed by atoms with E-state index < -0.39 is 6.04 Å². The van der Waals surface area contributed by atoms with Gasteiger partial charge in [0, 0.05) is 23.8 Å². The van der Waals surface area contributed by atoms with Gasteiger partial charge in [-0.25, -0.2) is 4.39 Å². The number of likely N-dealkylation sites (N-methyl/N-ethyl adjacent to an activating group) is 1. The number of hydrogen-bond donors (Lipinski definition) is 1. The maximum absolute atomic E-state index is 13.1. The van der Waals surface area contributed by atoms with E-state index in [2.05, 4.69) is 5.32 Å². The molecule has 2 aromatic rings. The lowest BCUT2D eigenvalue weighted by molar-refractivity contribution is -0.130. The van der Waals surface area contributed by atoms with Crippen LogP contribution in [0, 0.1) is 5.82 Å². The van der Waals surface area contributed by atoms with Crippen molar-refractivity contribution in [1.29, 1.82) is 0 Å². The van der Waals surface area contributed by atoms with E-state index in [4.69, 9.17) is 23.8 Å². The Morgan fingerprint density at radius 2 is 1.83 bits per heavy atom. The molecule has 5 nitrogen and oxygen atoms in total. The van der Waals surface area contributed by atoms with E-state index in [1.807, 2.05) is 6.92 Å². The van der Waals surface area contributed by atoms with Crippen LogP contribution in [0.2, 0.25) is 5.02 Å². The van der Waals surface area contributed by atoms with E-state index in [-0.39, 0.29) is 24.1 Å². The van der Waals surface area contributed by atoms with Gasteiger partial charge in [0.05, 0.1) is 6.42 Å². The molecule has 0 spiro atoms. The third-order valence-corrected chi connectivity index (χ3v) is 5.49. The smallest absolute Gasteiger partial charge is 0.252 e. The molecular formula is C21H21ClFN3O2S. The summed E-state index contributed by atoms with van der Waals surface area (Å²) >= 11 is 11.3. The highest BCUT2D eigenvalue weighted by atomic mass is 35.5. The van der Waals surface area contributed by atoms with Gasteiger partial charge in [0.15, 0.2) is 5.11 Å². The van der Waals surface area contributed by atoms with E-state index in [1.54, 1.807) is 41.3 Å². The first-order valence-corrected chi connectivity index (χ1v) is 10.1. The molecule has 0 bridgehead atoms. The summed E-state index contributed by atoms with van der Waals surface area (Å²) in [6, 6.07) is 12.3. The molecule has 1 aliphatic heterocycles. The van der Waals surface area contributed by atoms with Gasteiger partial charge in [0.25, 0.3) is 5.91 Å². The number of carbonyl (C=O) groups is 2. The van der Waals surface area contributed by atoms with Gasteiger partial charge >= 0.3 is 0 Å². The Bertz CT molecular complexity index is 905. The van der Waals surface area contributed by atoms with Gasteiger partial charge in [0.2, 0.25) is 5.91 Å². The number of amides is 2. The van der Waals surface area contributed by atoms with Crippen molar-refractivity contribution in [3.05, 3.63) is 64.9 Å². The number of benzene rings is 2. The molecule has 0 aromatic heterocycles. The molecule has 2 aromatic carbocycles. The molecule has 1 aliphatic rings. The molecule has 3 rings (SSSR count). The van der Waals surface area contributed by atoms with Crippen LogP contribution in [0.25, 0.3) is 0 Å². The Labute approximate surface area is 179 Å². The molecule has 1 N–H and O–H groups in total. The predicted molar refractivity (Wildman–Crippen MR) is 115 cm³/mol. The predicted octanol–water partition coefficient (Wildman–Crippen LogP) is 3.87. The number of hydrogen-bond acceptors (Lipinski definition) is 3. The minimum Gasteiger partial charge on any atom is -0.336 e. The summed E-state index contributed by atoms with van der Waals surface area (Å²) < 4.78 is 13.1. The summed E-state index contributed by atoms with van der Waals surface area (Å²) in [4.78, 5) is 28.6. The molecule has 29 heavy (non-hydrogen) atoms. The number of rotatable bonds is 7. The van der Waals surface area contributed by atoms with Crippen molar-refractivity contribution in [3.63, 3.8) is 0 Å². The average molecular weight is 434 g/mol. The number of anilines is 1. The standard InChI is InChI=1S/C21H21ClFN3O2S/c1-2-25-20(28)18(13-19(27)24-17-9-5-15(22)6-10-17)26(21(25)29)12-11-14-3-7-16(23)8-4-14/h3-10,18H,2,11-13H2,1H3,(H,24,27)/t18-/m0/s1. The van der Waals surface area contributed by atoms with Gasteiger partial charge in [-0.3, -0.25) is 14.5 Å². The first-order valence-electron chi connectivity index (χ1n) is 9.31. The van der Waals surface area contributed by atoms with Crippen LogP contribution in [0.5, 0.6) is 0 Å². The molecule has 1 fully saturated rings. The average Bonchev–Trinajstić information content (AvgIpc) is 2.92. The molecule has 1 atom stereocenters. The zero-order valence-corrected chi connectivity index (χ0v) is 17.5. The zero-order valence-electron chi connectivity index (χ0n) is 15.9. The Kier molecular flexibility index (Phi) is 6.82. The van der Waals surface area contributed by atoms with Gasteiger partial charge < -0.3 is 10.2 Å². The van der Waals surface area contributed by atoms with Crippen molar-refractivity contribution in [2.45, 2.75) is 25.8 Å². The van der Waals surface area contributed by atoms with Crippen molar-refractivity contribution in [3.8, 4) is 0 Å². The first kappa shape index (κ1) is 21.2. The molecule has 1 heterocycles. The fourth-order valence-corrected chi connectivity index (χ4v) is 3.82. The van der Waals surface area contributed by atoms with Gasteiger partial charge in [-0.2, -0.15) is 0 Å². The third-order valence-electron chi connectivity index (χ3n) is 4.78. The van der Waals surface area contributed by atoms with Crippen LogP contribution >= 0.6 is 23.8 Å². The quantitative estimate of drug-likeness (QED) is 0.673. The summed E-state index contributed by atoms with van der Waals surface area (Å²) in [5.74, 6) is -0.754. The fourth-order valence-electron chi connectivity index (χ4n) is 3.26. The van der Waals surface area contributed by atoms with Crippen LogP contribution in [0.3, 0.4) is 0 Å². The summed E-state index contributed by atoms with van der Waals surface area (Å²) in [6.45, 7) is 2.75. The van der Waals surface area contributed by atoms with Crippen molar-refractivity contribution < 1.29 is 14.0 Å². The van der Waals surface area contributed by atoms with Crippen LogP contribution in [0.15, 0.2) is 48.5 Å². The van der Waals surface area contributed by atoms with Gasteiger partial charge in [-0.05, 0) is 67.5 Å². The molecule has 1 saturated heterocycles. The van der Waals surface area contributed by atoms with Gasteiger partial charge in [0.1, 0.15) is 11.9 Å². The summed E-state index contributed by atoms with van der Waals surface area (Å²) in [5, 5.41) is 3.78. The lowest BCUT2D eigenvalue weighted by Gasteiger charge is -2.23. The molecule has 8 heteroatoms. The highest BCUT2D eigenvalue weighted by molar-refractivity contribution is 7.80. The van der Waals surface area contributed by atoms with Crippen LogP contribution in [-0.2, 0) is 16.0 Å². The lowest BCUT2D eigenvalue weighted by Crippen LogP contribution is -2.39. The number of carbonyl (C=O) groups excluding carboxylic acids is 2. The second-order valence-electron chi connectivity index (χ2n) is 6.71. The molecule has 2 amide bonds. The number of thiocarbonyl (C=S) groups is 1. The molecular weight excluding hydrogens is 413 g/mol. The summed E-state index contributed by atoms with van der Waals surface area (Å²) in [6.07, 6.45) is 0.572. The maximum Gasteiger partial charge on any atom is 0.252 e. The third kappa shape index (κ3) is 5.10. The summed E-state index contributed by atoms with van der Waals surface area (Å²) in [5.41, 5.74) is 1.54. The number of halogens is 2. The van der Waals surface area contributed by atoms with Crippen LogP contribution < -0.4 is 5.32 Å². The summed E-state index contributed by atoms with van der Waals surface area (Å²) in [7, 11) is 0. The molecule has 0 saturated carbocycles. The van der Waals surface area contributed by atoms with E-state index in [1.165, 1.54) is 17.0 Å². The Morgan fingerprint density at radius 3 is 2.45 bits per heavy atom. The van der Waals surface area contributed by atoms with E-state index in [9.17, 15) is 14.0 Å². The molecule has 152 valence electrons. The van der Waals surface area contributed by atoms with Crippen LogP contribution in [0.4, 0.5) is 10.1 Å². The van der Waals surface area contributed by atoms with E-state index >= 15 is 0 Å². The highest BCUT2D eigenvalue weighted by Gasteiger charge is 2.42. The van der Waals surface area contributed by atoms with Gasteiger partial charge in [-0.1, -0.05) is 23.7 Å². The van der Waals surface area contributed by atoms with Gasteiger partial charge in [-0.15, -0.1) is 0 Å². The van der Waals surface area contributed by atoms with Crippen molar-refractivity contribution in [2.24, 2.45) is 0 Å². The van der Waals surface area contributed by atoms with Crippen molar-refractivity contribution in [1.82, 2.24) is 9.80 Å². The maximum atomic E-state index is 13.1. The zero-order chi connectivity index (χ0) is 21.0. The highest BCUT2D eigenvalue weighted by Crippen LogP contribution is 2.22. The molecule has 0 radical (unpaired) electrons. The van der Waals surface area contributed by atoms with E-state index in [0.29, 0.717) is 35.3 Å². The second-order valence-corrected chi connectivity index (χ2v) is 7.51. The SMILES string of the molecule is CCN1C(=O)[C@H](CC(=O)Nc2ccc(Cl)cc2)N(CCc2ccc(F)cc2)C1=S.